The van der Waals surface area contributed by atoms with Crippen LogP contribution in [-0.2, 0) is 19.6 Å². The lowest BCUT2D eigenvalue weighted by Gasteiger charge is -2.31. The molecule has 1 unspecified atom stereocenters. The Kier molecular flexibility index (Phi) is 6.24. The monoisotopic (exact) mass is 351 g/mol. The molecule has 136 valence electrons. The molecule has 0 bridgehead atoms. The summed E-state index contributed by atoms with van der Waals surface area (Å²) in [6.45, 7) is 3.54. The normalized spacial score (nSPS) is 15.1. The highest BCUT2D eigenvalue weighted by atomic mass is 16.5. The van der Waals surface area contributed by atoms with E-state index in [0.717, 1.165) is 30.8 Å². The van der Waals surface area contributed by atoms with Crippen molar-refractivity contribution in [2.45, 2.75) is 25.7 Å². The molecule has 5 nitrogen and oxygen atoms in total. The molecule has 26 heavy (non-hydrogen) atoms. The highest BCUT2D eigenvalue weighted by Crippen LogP contribution is 2.28. The van der Waals surface area contributed by atoms with Gasteiger partial charge in [-0.1, -0.05) is 24.3 Å². The number of nitrogens with one attached hydrogen (secondary N) is 1. The molecular formula is C21H25N3O2. The van der Waals surface area contributed by atoms with Gasteiger partial charge in [-0.3, -0.25) is 4.90 Å². The molecule has 2 N–H and O–H groups in total. The smallest absolute Gasteiger partial charge is 0.123 e. The molecule has 1 aliphatic rings. The maximum atomic E-state index is 10.0. The topological polar surface area (TPSA) is 68.5 Å². The summed E-state index contributed by atoms with van der Waals surface area (Å²) < 4.78 is 6.06. The van der Waals surface area contributed by atoms with E-state index in [4.69, 9.17) is 10.00 Å². The summed E-state index contributed by atoms with van der Waals surface area (Å²) in [6, 6.07) is 15.8. The van der Waals surface area contributed by atoms with Crippen molar-refractivity contribution in [3.8, 4) is 11.8 Å². The number of likely N-dealkylation sites (N-methyl/N-ethyl adjacent to an activating group) is 1. The molecule has 1 aliphatic heterocycles. The molecule has 0 saturated heterocycles. The fourth-order valence-corrected chi connectivity index (χ4v) is 3.36. The van der Waals surface area contributed by atoms with E-state index in [0.29, 0.717) is 25.3 Å². The molecule has 1 heterocycles. The third-order valence-electron chi connectivity index (χ3n) is 4.69. The van der Waals surface area contributed by atoms with Crippen molar-refractivity contribution in [1.29, 1.82) is 5.26 Å². The highest BCUT2D eigenvalue weighted by Gasteiger charge is 2.21. The summed E-state index contributed by atoms with van der Waals surface area (Å²) in [6.07, 6.45) is 0.572. The number of hydrogen-bond acceptors (Lipinski definition) is 5. The molecular weight excluding hydrogens is 326 g/mol. The first-order chi connectivity index (χ1) is 12.7. The Morgan fingerprint density at radius 3 is 2.81 bits per heavy atom. The van der Waals surface area contributed by atoms with Crippen LogP contribution < -0.4 is 10.1 Å². The van der Waals surface area contributed by atoms with Gasteiger partial charge in [-0.2, -0.15) is 5.26 Å². The van der Waals surface area contributed by atoms with E-state index in [1.807, 2.05) is 43.4 Å². The van der Waals surface area contributed by atoms with Crippen molar-refractivity contribution in [2.24, 2.45) is 0 Å². The van der Waals surface area contributed by atoms with Crippen LogP contribution in [0.25, 0.3) is 0 Å². The lowest BCUT2D eigenvalue weighted by atomic mass is 9.98. The van der Waals surface area contributed by atoms with Gasteiger partial charge in [0.05, 0.1) is 17.7 Å². The standard InChI is InChI=1S/C21H25N3O2/c1-23-12-19(25)14-24-10-9-20-18(13-24)3-2-4-21(20)26-15-17-7-5-16(11-22)6-8-17/h2-8,19,23,25H,9-10,12-15H2,1H3. The number of aliphatic hydroxyl groups excluding tert-OH is 1. The second-order valence-corrected chi connectivity index (χ2v) is 6.69. The van der Waals surface area contributed by atoms with Crippen LogP contribution in [0.15, 0.2) is 42.5 Å². The SMILES string of the molecule is CNCC(O)CN1CCc2c(cccc2OCc2ccc(C#N)cc2)C1. The largest absolute Gasteiger partial charge is 0.489 e. The van der Waals surface area contributed by atoms with E-state index in [1.54, 1.807) is 0 Å². The predicted octanol–water partition coefficient (Wildman–Crippen LogP) is 2.08. The second kappa shape index (κ2) is 8.81. The van der Waals surface area contributed by atoms with Crippen LogP contribution in [0, 0.1) is 11.3 Å². The molecule has 0 aromatic heterocycles. The fraction of sp³-hybridized carbons (Fsp3) is 0.381. The Morgan fingerprint density at radius 1 is 1.27 bits per heavy atom. The summed E-state index contributed by atoms with van der Waals surface area (Å²) in [5.74, 6) is 0.933. The Bertz CT molecular complexity index is 768. The minimum absolute atomic E-state index is 0.350. The van der Waals surface area contributed by atoms with E-state index < -0.39 is 0 Å². The van der Waals surface area contributed by atoms with Crippen LogP contribution in [0.4, 0.5) is 0 Å². The number of rotatable bonds is 7. The maximum absolute atomic E-state index is 10.0. The van der Waals surface area contributed by atoms with Gasteiger partial charge in [0, 0.05) is 26.2 Å². The molecule has 5 heteroatoms. The van der Waals surface area contributed by atoms with Crippen LogP contribution in [-0.4, -0.2) is 42.8 Å². The number of β-amino-alcohol motifs (C(OH)–C–C–N with tert-alkyl or cyclic N) is 1. The molecule has 0 spiro atoms. The molecule has 0 saturated carbocycles. The Morgan fingerprint density at radius 2 is 2.08 bits per heavy atom. The molecule has 2 aromatic carbocycles. The first kappa shape index (κ1) is 18.4. The quantitative estimate of drug-likeness (QED) is 0.799. The van der Waals surface area contributed by atoms with Gasteiger partial charge in [0.2, 0.25) is 0 Å². The van der Waals surface area contributed by atoms with Crippen molar-refractivity contribution < 1.29 is 9.84 Å². The van der Waals surface area contributed by atoms with E-state index in [9.17, 15) is 5.11 Å². The lowest BCUT2D eigenvalue weighted by molar-refractivity contribution is 0.105. The third kappa shape index (κ3) is 4.61. The van der Waals surface area contributed by atoms with Crippen LogP contribution in [0.1, 0.15) is 22.3 Å². The first-order valence-corrected chi connectivity index (χ1v) is 8.97. The number of benzene rings is 2. The number of ether oxygens (including phenoxy) is 1. The van der Waals surface area contributed by atoms with E-state index in [-0.39, 0.29) is 6.10 Å². The Balaban J connectivity index is 1.63. The van der Waals surface area contributed by atoms with Gasteiger partial charge in [-0.05, 0) is 48.4 Å². The van der Waals surface area contributed by atoms with Gasteiger partial charge in [0.1, 0.15) is 12.4 Å². The maximum Gasteiger partial charge on any atom is 0.123 e. The zero-order chi connectivity index (χ0) is 18.4. The van der Waals surface area contributed by atoms with Gasteiger partial charge in [-0.15, -0.1) is 0 Å². The van der Waals surface area contributed by atoms with Crippen LogP contribution in [0.2, 0.25) is 0 Å². The predicted molar refractivity (Wildman–Crippen MR) is 101 cm³/mol. The number of nitrogens with zero attached hydrogens (tertiary/aromatic N) is 2. The van der Waals surface area contributed by atoms with Gasteiger partial charge in [0.25, 0.3) is 0 Å². The van der Waals surface area contributed by atoms with Gasteiger partial charge < -0.3 is 15.2 Å². The minimum Gasteiger partial charge on any atom is -0.489 e. The molecule has 1 atom stereocenters. The van der Waals surface area contributed by atoms with Crippen molar-refractivity contribution in [1.82, 2.24) is 10.2 Å². The average molecular weight is 351 g/mol. The van der Waals surface area contributed by atoms with Crippen LogP contribution in [0.5, 0.6) is 5.75 Å². The van der Waals surface area contributed by atoms with E-state index >= 15 is 0 Å². The lowest BCUT2D eigenvalue weighted by Crippen LogP contribution is -2.40. The Hall–Kier alpha value is -2.39. The summed E-state index contributed by atoms with van der Waals surface area (Å²) in [5, 5.41) is 21.9. The fourth-order valence-electron chi connectivity index (χ4n) is 3.36. The zero-order valence-corrected chi connectivity index (χ0v) is 15.1. The highest BCUT2D eigenvalue weighted by molar-refractivity contribution is 5.42. The van der Waals surface area contributed by atoms with Crippen molar-refractivity contribution >= 4 is 0 Å². The molecule has 0 fully saturated rings. The Labute approximate surface area is 154 Å². The van der Waals surface area contributed by atoms with E-state index in [1.165, 1.54) is 11.1 Å². The number of aliphatic hydroxyl groups is 1. The van der Waals surface area contributed by atoms with Crippen molar-refractivity contribution in [3.05, 3.63) is 64.7 Å². The first-order valence-electron chi connectivity index (χ1n) is 8.97. The van der Waals surface area contributed by atoms with Crippen LogP contribution in [0.3, 0.4) is 0 Å². The zero-order valence-electron chi connectivity index (χ0n) is 15.1. The minimum atomic E-state index is -0.350. The molecule has 2 aromatic rings. The average Bonchev–Trinajstić information content (AvgIpc) is 2.66. The summed E-state index contributed by atoms with van der Waals surface area (Å²) >= 11 is 0. The molecule has 0 radical (unpaired) electrons. The third-order valence-corrected chi connectivity index (χ3v) is 4.69. The van der Waals surface area contributed by atoms with Crippen LogP contribution >= 0.6 is 0 Å². The second-order valence-electron chi connectivity index (χ2n) is 6.69. The summed E-state index contributed by atoms with van der Waals surface area (Å²) in [7, 11) is 1.85. The molecule has 0 amide bonds. The number of hydrogen-bond donors (Lipinski definition) is 2. The van der Waals surface area contributed by atoms with Gasteiger partial charge >= 0.3 is 0 Å². The van der Waals surface area contributed by atoms with Crippen molar-refractivity contribution in [3.63, 3.8) is 0 Å². The molecule has 0 aliphatic carbocycles. The number of fused-ring (bicyclic) bond motifs is 1. The molecule has 3 rings (SSSR count). The van der Waals surface area contributed by atoms with Crippen molar-refractivity contribution in [2.75, 3.05) is 26.7 Å². The van der Waals surface area contributed by atoms with Gasteiger partial charge in [0.15, 0.2) is 0 Å². The van der Waals surface area contributed by atoms with E-state index in [2.05, 4.69) is 22.4 Å². The number of nitriles is 1. The van der Waals surface area contributed by atoms with Gasteiger partial charge in [-0.25, -0.2) is 0 Å². The summed E-state index contributed by atoms with van der Waals surface area (Å²) in [5.41, 5.74) is 4.24. The summed E-state index contributed by atoms with van der Waals surface area (Å²) in [4.78, 5) is 2.29.